The van der Waals surface area contributed by atoms with E-state index in [2.05, 4.69) is 59.8 Å². The number of fused-ring (bicyclic) bond motifs is 4. The third-order valence-corrected chi connectivity index (χ3v) is 9.88. The van der Waals surface area contributed by atoms with E-state index in [1.165, 1.54) is 38.5 Å². The molecule has 4 aliphatic carbocycles. The van der Waals surface area contributed by atoms with Gasteiger partial charge >= 0.3 is 0 Å². The van der Waals surface area contributed by atoms with E-state index in [1.54, 1.807) is 16.7 Å². The Kier molecular flexibility index (Phi) is 5.69. The van der Waals surface area contributed by atoms with Crippen LogP contribution in [0.15, 0.2) is 34.9 Å². The second kappa shape index (κ2) is 7.70. The van der Waals surface area contributed by atoms with E-state index in [0.29, 0.717) is 28.6 Å². The molecule has 162 valence electrons. The molecule has 0 aromatic carbocycles. The highest BCUT2D eigenvalue weighted by molar-refractivity contribution is 5.49. The summed E-state index contributed by atoms with van der Waals surface area (Å²) in [7, 11) is 0. The summed E-state index contributed by atoms with van der Waals surface area (Å²) in [6.45, 7) is 14.6. The second-order valence-electron chi connectivity index (χ2n) is 11.8. The standard InChI is InChI=1S/C28H44O/c1-18(2)19(3)7-8-20(4)24-11-12-25-23-10-9-21-17-22(29)13-15-27(21,5)26(23)14-16-28(24,25)6/h7-8,12,18-22,24,29H,9-11,13-17H2,1-6H3/t19-,20+,21?,22-,24+,27-,28+/m0/s1. The average Bonchev–Trinajstić information content (AvgIpc) is 3.03. The fraction of sp³-hybridized carbons (Fsp3) is 0.786. The van der Waals surface area contributed by atoms with Gasteiger partial charge in [0.05, 0.1) is 6.10 Å². The summed E-state index contributed by atoms with van der Waals surface area (Å²) >= 11 is 0. The Balaban J connectivity index is 1.58. The summed E-state index contributed by atoms with van der Waals surface area (Å²) in [5, 5.41) is 10.2. The highest BCUT2D eigenvalue weighted by Crippen LogP contribution is 2.64. The lowest BCUT2D eigenvalue weighted by Gasteiger charge is -2.53. The van der Waals surface area contributed by atoms with E-state index in [9.17, 15) is 5.11 Å². The molecule has 1 saturated carbocycles. The Morgan fingerprint density at radius 3 is 2.48 bits per heavy atom. The van der Waals surface area contributed by atoms with Crippen molar-refractivity contribution in [2.75, 3.05) is 0 Å². The Labute approximate surface area is 179 Å². The van der Waals surface area contributed by atoms with Gasteiger partial charge in [0.25, 0.3) is 0 Å². The molecular weight excluding hydrogens is 352 g/mol. The van der Waals surface area contributed by atoms with Crippen molar-refractivity contribution in [1.29, 1.82) is 0 Å². The topological polar surface area (TPSA) is 20.2 Å². The van der Waals surface area contributed by atoms with Crippen LogP contribution in [0.2, 0.25) is 0 Å². The predicted molar refractivity (Wildman–Crippen MR) is 124 cm³/mol. The fourth-order valence-electron chi connectivity index (χ4n) is 7.37. The van der Waals surface area contributed by atoms with Crippen LogP contribution in [0, 0.1) is 40.4 Å². The van der Waals surface area contributed by atoms with Gasteiger partial charge in [-0.1, -0.05) is 65.3 Å². The molecular formula is C28H44O. The number of aliphatic hydroxyl groups excluding tert-OH is 1. The summed E-state index contributed by atoms with van der Waals surface area (Å²) in [6, 6.07) is 0. The van der Waals surface area contributed by atoms with Crippen molar-refractivity contribution in [2.24, 2.45) is 40.4 Å². The summed E-state index contributed by atoms with van der Waals surface area (Å²) in [6.07, 6.45) is 17.2. The molecule has 1 nitrogen and oxygen atoms in total. The molecule has 29 heavy (non-hydrogen) atoms. The molecule has 0 radical (unpaired) electrons. The largest absolute Gasteiger partial charge is 0.393 e. The van der Waals surface area contributed by atoms with Gasteiger partial charge in [-0.25, -0.2) is 0 Å². The monoisotopic (exact) mass is 396 g/mol. The third-order valence-electron chi connectivity index (χ3n) is 9.88. The average molecular weight is 397 g/mol. The molecule has 4 rings (SSSR count). The summed E-state index contributed by atoms with van der Waals surface area (Å²) < 4.78 is 0. The first-order valence-electron chi connectivity index (χ1n) is 12.5. The van der Waals surface area contributed by atoms with Gasteiger partial charge < -0.3 is 5.11 Å². The molecule has 4 aliphatic rings. The smallest absolute Gasteiger partial charge is 0.0543 e. The van der Waals surface area contributed by atoms with Crippen LogP contribution in [0.5, 0.6) is 0 Å². The maximum absolute atomic E-state index is 10.2. The molecule has 1 N–H and O–H groups in total. The highest BCUT2D eigenvalue weighted by Gasteiger charge is 2.52. The minimum Gasteiger partial charge on any atom is -0.393 e. The number of hydrogen-bond acceptors (Lipinski definition) is 1. The van der Waals surface area contributed by atoms with Gasteiger partial charge in [0.2, 0.25) is 0 Å². The number of rotatable bonds is 4. The summed E-state index contributed by atoms with van der Waals surface area (Å²) in [5.41, 5.74) is 5.99. The lowest BCUT2D eigenvalue weighted by atomic mass is 9.51. The Morgan fingerprint density at radius 1 is 1.00 bits per heavy atom. The Hall–Kier alpha value is -0.820. The molecule has 0 spiro atoms. The Morgan fingerprint density at radius 2 is 1.76 bits per heavy atom. The molecule has 0 saturated heterocycles. The van der Waals surface area contributed by atoms with Crippen molar-refractivity contribution in [3.63, 3.8) is 0 Å². The van der Waals surface area contributed by atoms with E-state index in [1.807, 2.05) is 0 Å². The molecule has 1 unspecified atom stereocenters. The summed E-state index contributed by atoms with van der Waals surface area (Å²) in [5.74, 6) is 3.48. The lowest BCUT2D eigenvalue weighted by Crippen LogP contribution is -2.44. The van der Waals surface area contributed by atoms with Gasteiger partial charge in [-0.3, -0.25) is 0 Å². The van der Waals surface area contributed by atoms with Crippen LogP contribution in [-0.4, -0.2) is 11.2 Å². The molecule has 0 aromatic rings. The normalized spacial score (nSPS) is 41.8. The first-order chi connectivity index (χ1) is 13.7. The number of allylic oxidation sites excluding steroid dienone is 6. The van der Waals surface area contributed by atoms with Crippen molar-refractivity contribution in [1.82, 2.24) is 0 Å². The maximum atomic E-state index is 10.2. The van der Waals surface area contributed by atoms with Gasteiger partial charge in [0.15, 0.2) is 0 Å². The molecule has 7 atom stereocenters. The minimum absolute atomic E-state index is 0.0555. The van der Waals surface area contributed by atoms with Crippen LogP contribution in [0.25, 0.3) is 0 Å². The molecule has 1 fully saturated rings. The van der Waals surface area contributed by atoms with Crippen molar-refractivity contribution >= 4 is 0 Å². The first kappa shape index (κ1) is 21.4. The Bertz CT molecular complexity index is 725. The van der Waals surface area contributed by atoms with Crippen LogP contribution < -0.4 is 0 Å². The summed E-state index contributed by atoms with van der Waals surface area (Å²) in [4.78, 5) is 0. The fourth-order valence-corrected chi connectivity index (χ4v) is 7.37. The zero-order chi connectivity index (χ0) is 21.0. The lowest BCUT2D eigenvalue weighted by molar-refractivity contribution is 0.0229. The van der Waals surface area contributed by atoms with Gasteiger partial charge in [0, 0.05) is 0 Å². The quantitative estimate of drug-likeness (QED) is 0.488. The zero-order valence-electron chi connectivity index (χ0n) is 19.8. The van der Waals surface area contributed by atoms with Crippen LogP contribution in [-0.2, 0) is 0 Å². The predicted octanol–water partition coefficient (Wildman–Crippen LogP) is 7.47. The van der Waals surface area contributed by atoms with Gasteiger partial charge in [0.1, 0.15) is 0 Å². The van der Waals surface area contributed by atoms with E-state index in [0.717, 1.165) is 24.7 Å². The van der Waals surface area contributed by atoms with E-state index >= 15 is 0 Å². The molecule has 0 bridgehead atoms. The first-order valence-corrected chi connectivity index (χ1v) is 12.5. The van der Waals surface area contributed by atoms with Crippen molar-refractivity contribution in [3.8, 4) is 0 Å². The molecule has 0 amide bonds. The minimum atomic E-state index is -0.0555. The molecule has 0 heterocycles. The maximum Gasteiger partial charge on any atom is 0.0543 e. The third kappa shape index (κ3) is 3.50. The highest BCUT2D eigenvalue weighted by atomic mass is 16.3. The van der Waals surface area contributed by atoms with Crippen LogP contribution in [0.4, 0.5) is 0 Å². The zero-order valence-corrected chi connectivity index (χ0v) is 19.8. The van der Waals surface area contributed by atoms with E-state index < -0.39 is 0 Å². The van der Waals surface area contributed by atoms with Crippen LogP contribution in [0.1, 0.15) is 92.9 Å². The van der Waals surface area contributed by atoms with E-state index in [4.69, 9.17) is 0 Å². The van der Waals surface area contributed by atoms with Gasteiger partial charge in [-0.15, -0.1) is 0 Å². The molecule has 0 aliphatic heterocycles. The van der Waals surface area contributed by atoms with Gasteiger partial charge in [-0.05, 0) is 103 Å². The second-order valence-corrected chi connectivity index (χ2v) is 11.8. The number of aliphatic hydroxyl groups is 1. The molecule has 0 aromatic heterocycles. The van der Waals surface area contributed by atoms with Crippen molar-refractivity contribution in [2.45, 2.75) is 99.0 Å². The van der Waals surface area contributed by atoms with Crippen LogP contribution >= 0.6 is 0 Å². The number of hydrogen-bond donors (Lipinski definition) is 1. The van der Waals surface area contributed by atoms with Gasteiger partial charge in [-0.2, -0.15) is 0 Å². The van der Waals surface area contributed by atoms with Crippen LogP contribution in [0.3, 0.4) is 0 Å². The van der Waals surface area contributed by atoms with Crippen molar-refractivity contribution < 1.29 is 5.11 Å². The SMILES string of the molecule is CC(C)[C@@H](C)C=C[C@@H](C)[C@H]1CC=C2C3=C(CC[C@@]21C)[C@@]1(C)CC[C@H](O)CC1CC3. The molecule has 1 heteroatoms. The van der Waals surface area contributed by atoms with Crippen molar-refractivity contribution in [3.05, 3.63) is 34.9 Å². The van der Waals surface area contributed by atoms with E-state index in [-0.39, 0.29) is 6.10 Å².